The van der Waals surface area contributed by atoms with Gasteiger partial charge in [0.15, 0.2) is 0 Å². The van der Waals surface area contributed by atoms with Crippen molar-refractivity contribution in [1.29, 1.82) is 0 Å². The Morgan fingerprint density at radius 2 is 1.64 bits per heavy atom. The van der Waals surface area contributed by atoms with Gasteiger partial charge in [-0.1, -0.05) is 103 Å². The normalized spacial score (nSPS) is 14.8. The van der Waals surface area contributed by atoms with Gasteiger partial charge in [0.1, 0.15) is 11.2 Å². The molecule has 2 heterocycles. The minimum Gasteiger partial charge on any atom is -0.335 e. The van der Waals surface area contributed by atoms with Gasteiger partial charge in [-0.3, -0.25) is 0 Å². The number of thioether (sulfide) groups is 1. The van der Waals surface area contributed by atoms with E-state index >= 15 is 0 Å². The maximum atomic E-state index is 2.48. The van der Waals surface area contributed by atoms with Gasteiger partial charge in [-0.2, -0.15) is 4.57 Å². The molecule has 1 aliphatic heterocycles. The molecule has 4 heteroatoms. The Morgan fingerprint density at radius 1 is 0.846 bits per heavy atom. The number of aryl methyl sites for hydroxylation is 1. The number of anilines is 1. The molecule has 1 aromatic heterocycles. The van der Waals surface area contributed by atoms with Crippen molar-refractivity contribution in [2.75, 3.05) is 11.4 Å². The summed E-state index contributed by atoms with van der Waals surface area (Å²) in [4.78, 5) is 3.77. The van der Waals surface area contributed by atoms with Crippen molar-refractivity contribution >= 4 is 68.0 Å². The SMILES string of the molecule is CCC(=C\c1sc2ccc3ccccc3c2[n+]1CC)/C=C1/Sc2cc(/C=C/c3ccccc3)ccc2N1CC. The van der Waals surface area contributed by atoms with Crippen LogP contribution in [0.25, 0.3) is 39.2 Å². The molecule has 6 rings (SSSR count). The molecule has 0 saturated carbocycles. The molecule has 0 radical (unpaired) electrons. The van der Waals surface area contributed by atoms with Crippen LogP contribution in [0.4, 0.5) is 5.69 Å². The number of thiazole rings is 1. The lowest BCUT2D eigenvalue weighted by atomic mass is 10.1. The fourth-order valence-corrected chi connectivity index (χ4v) is 7.74. The largest absolute Gasteiger partial charge is 0.335 e. The third-order valence-electron chi connectivity index (χ3n) is 7.30. The third-order valence-corrected chi connectivity index (χ3v) is 9.49. The number of allylic oxidation sites excluding steroid dienone is 2. The molecular weight excluding hydrogens is 513 g/mol. The molecule has 0 amide bonds. The number of benzene rings is 4. The smallest absolute Gasteiger partial charge is 0.263 e. The summed E-state index contributed by atoms with van der Waals surface area (Å²) < 4.78 is 3.83. The van der Waals surface area contributed by atoms with E-state index in [-0.39, 0.29) is 0 Å². The fourth-order valence-electron chi connectivity index (χ4n) is 5.27. The molecule has 0 fully saturated rings. The summed E-state index contributed by atoms with van der Waals surface area (Å²) in [5, 5.41) is 5.25. The highest BCUT2D eigenvalue weighted by molar-refractivity contribution is 8.03. The average Bonchev–Trinajstić information content (AvgIpc) is 3.52. The van der Waals surface area contributed by atoms with Crippen molar-refractivity contribution in [3.05, 3.63) is 118 Å². The number of rotatable bonds is 7. The van der Waals surface area contributed by atoms with Crippen LogP contribution in [0.5, 0.6) is 0 Å². The maximum Gasteiger partial charge on any atom is 0.263 e. The molecule has 0 atom stereocenters. The molecule has 0 spiro atoms. The van der Waals surface area contributed by atoms with Gasteiger partial charge >= 0.3 is 0 Å². The summed E-state index contributed by atoms with van der Waals surface area (Å²) in [7, 11) is 0. The molecule has 5 aromatic rings. The van der Waals surface area contributed by atoms with Crippen molar-refractivity contribution in [2.45, 2.75) is 38.6 Å². The average molecular weight is 546 g/mol. The molecule has 39 heavy (non-hydrogen) atoms. The Kier molecular flexibility index (Phi) is 7.40. The first kappa shape index (κ1) is 25.7. The van der Waals surface area contributed by atoms with Gasteiger partial charge in [-0.15, -0.1) is 0 Å². The van der Waals surface area contributed by atoms with E-state index in [9.17, 15) is 0 Å². The zero-order valence-corrected chi connectivity index (χ0v) is 24.4. The highest BCUT2D eigenvalue weighted by Crippen LogP contribution is 2.47. The van der Waals surface area contributed by atoms with Crippen molar-refractivity contribution in [3.8, 4) is 0 Å². The number of fused-ring (bicyclic) bond motifs is 4. The monoisotopic (exact) mass is 545 g/mol. The third kappa shape index (κ3) is 5.07. The molecule has 194 valence electrons. The number of hydrogen-bond acceptors (Lipinski definition) is 3. The van der Waals surface area contributed by atoms with E-state index in [1.165, 1.54) is 58.3 Å². The summed E-state index contributed by atoms with van der Waals surface area (Å²) in [6, 6.07) is 30.6. The van der Waals surface area contributed by atoms with E-state index in [1.54, 1.807) is 0 Å². The first-order chi connectivity index (χ1) is 19.2. The predicted molar refractivity (Wildman–Crippen MR) is 172 cm³/mol. The van der Waals surface area contributed by atoms with Gasteiger partial charge in [0.05, 0.1) is 16.1 Å². The molecule has 0 bridgehead atoms. The van der Waals surface area contributed by atoms with Crippen LogP contribution < -0.4 is 9.47 Å². The first-order valence-corrected chi connectivity index (χ1v) is 15.4. The van der Waals surface area contributed by atoms with E-state index in [4.69, 9.17) is 0 Å². The maximum absolute atomic E-state index is 2.48. The van der Waals surface area contributed by atoms with Gasteiger partial charge in [0, 0.05) is 17.5 Å². The number of aromatic nitrogens is 1. The van der Waals surface area contributed by atoms with E-state index < -0.39 is 0 Å². The summed E-state index contributed by atoms with van der Waals surface area (Å²) in [6.45, 7) is 8.66. The van der Waals surface area contributed by atoms with Crippen LogP contribution in [-0.4, -0.2) is 6.54 Å². The predicted octanol–water partition coefficient (Wildman–Crippen LogP) is 9.80. The Hall–Kier alpha value is -3.60. The van der Waals surface area contributed by atoms with Crippen LogP contribution in [0.15, 0.2) is 107 Å². The standard InChI is InChI=1S/C35H33N2S2/c1-4-25(24-34-37(6-3)35-29-15-11-10-14-28(29)19-21-31(35)38-34)23-33-36(5-2)30-20-18-27(22-32(30)39-33)17-16-26-12-8-7-9-13-26/h7-24H,4-6H2,1-3H3/q+1/b17-16+. The van der Waals surface area contributed by atoms with Crippen LogP contribution in [0.1, 0.15) is 43.3 Å². The van der Waals surface area contributed by atoms with Crippen molar-refractivity contribution in [1.82, 2.24) is 0 Å². The zero-order valence-electron chi connectivity index (χ0n) is 22.7. The summed E-state index contributed by atoms with van der Waals surface area (Å²) in [5.74, 6) is 0. The molecule has 0 N–H and O–H groups in total. The van der Waals surface area contributed by atoms with E-state index in [0.717, 1.165) is 19.5 Å². The molecule has 0 unspecified atom stereocenters. The second-order valence-electron chi connectivity index (χ2n) is 9.69. The minimum absolute atomic E-state index is 0.950. The Morgan fingerprint density at radius 3 is 2.44 bits per heavy atom. The summed E-state index contributed by atoms with van der Waals surface area (Å²) in [5.41, 5.74) is 6.46. The topological polar surface area (TPSA) is 7.12 Å². The van der Waals surface area contributed by atoms with Crippen molar-refractivity contribution < 1.29 is 4.57 Å². The van der Waals surface area contributed by atoms with Crippen LogP contribution in [0.3, 0.4) is 0 Å². The van der Waals surface area contributed by atoms with Gasteiger partial charge in [-0.25, -0.2) is 0 Å². The number of hydrogen-bond donors (Lipinski definition) is 0. The van der Waals surface area contributed by atoms with Gasteiger partial charge in [-0.05, 0) is 72.7 Å². The van der Waals surface area contributed by atoms with Crippen LogP contribution in [0, 0.1) is 0 Å². The molecular formula is C35H33N2S2+. The minimum atomic E-state index is 0.950. The van der Waals surface area contributed by atoms with Crippen molar-refractivity contribution in [3.63, 3.8) is 0 Å². The van der Waals surface area contributed by atoms with Crippen LogP contribution in [0.2, 0.25) is 0 Å². The van der Waals surface area contributed by atoms with E-state index in [2.05, 4.69) is 139 Å². The lowest BCUT2D eigenvalue weighted by Gasteiger charge is -2.18. The highest BCUT2D eigenvalue weighted by atomic mass is 32.2. The Balaban J connectivity index is 1.34. The summed E-state index contributed by atoms with van der Waals surface area (Å²) >= 11 is 3.78. The van der Waals surface area contributed by atoms with Crippen LogP contribution in [-0.2, 0) is 6.54 Å². The quantitative estimate of drug-likeness (QED) is 0.148. The molecule has 0 saturated heterocycles. The molecule has 0 aliphatic carbocycles. The zero-order chi connectivity index (χ0) is 26.8. The Labute approximate surface area is 239 Å². The molecule has 2 nitrogen and oxygen atoms in total. The Bertz CT molecular complexity index is 1740. The fraction of sp³-hybridized carbons (Fsp3) is 0.171. The van der Waals surface area contributed by atoms with Gasteiger partial charge in [0.25, 0.3) is 5.01 Å². The van der Waals surface area contributed by atoms with Gasteiger partial charge in [0.2, 0.25) is 5.52 Å². The molecule has 4 aromatic carbocycles. The summed E-state index contributed by atoms with van der Waals surface area (Å²) in [6.07, 6.45) is 10.2. The van der Waals surface area contributed by atoms with Crippen molar-refractivity contribution in [2.24, 2.45) is 0 Å². The number of nitrogens with zero attached hydrogens (tertiary/aromatic N) is 2. The van der Waals surface area contributed by atoms with E-state index in [0.29, 0.717) is 0 Å². The lowest BCUT2D eigenvalue weighted by molar-refractivity contribution is -0.664. The van der Waals surface area contributed by atoms with Gasteiger partial charge < -0.3 is 4.90 Å². The van der Waals surface area contributed by atoms with Crippen LogP contribution >= 0.6 is 23.1 Å². The molecule has 1 aliphatic rings. The second kappa shape index (κ2) is 11.3. The highest BCUT2D eigenvalue weighted by Gasteiger charge is 2.25. The first-order valence-electron chi connectivity index (χ1n) is 13.8. The van der Waals surface area contributed by atoms with E-state index in [1.807, 2.05) is 23.1 Å². The lowest BCUT2D eigenvalue weighted by Crippen LogP contribution is -2.33. The second-order valence-corrected chi connectivity index (χ2v) is 11.8.